The minimum absolute atomic E-state index is 0.00728. The summed E-state index contributed by atoms with van der Waals surface area (Å²) in [5.74, 6) is -2.72. The van der Waals surface area contributed by atoms with Crippen molar-refractivity contribution in [2.24, 2.45) is 5.92 Å². The van der Waals surface area contributed by atoms with Crippen molar-refractivity contribution in [2.45, 2.75) is 12.6 Å². The monoisotopic (exact) mass is 279 g/mol. The van der Waals surface area contributed by atoms with Crippen molar-refractivity contribution >= 4 is 17.8 Å². The summed E-state index contributed by atoms with van der Waals surface area (Å²) in [5, 5.41) is 2.24. The maximum absolute atomic E-state index is 12.5. The SMILES string of the molecule is O=C(CN1C(=O)CNC1=O)N1CCC(C(F)(F)F)C1. The van der Waals surface area contributed by atoms with Crippen molar-refractivity contribution in [3.05, 3.63) is 0 Å². The maximum Gasteiger partial charge on any atom is 0.393 e. The lowest BCUT2D eigenvalue weighted by molar-refractivity contribution is -0.171. The third kappa shape index (κ3) is 2.79. The van der Waals surface area contributed by atoms with E-state index in [1.54, 1.807) is 0 Å². The number of imide groups is 1. The van der Waals surface area contributed by atoms with E-state index in [9.17, 15) is 27.6 Å². The second-order valence-corrected chi connectivity index (χ2v) is 4.51. The van der Waals surface area contributed by atoms with Gasteiger partial charge in [0.05, 0.1) is 12.5 Å². The number of hydrogen-bond donors (Lipinski definition) is 1. The van der Waals surface area contributed by atoms with E-state index < -0.39 is 43.0 Å². The van der Waals surface area contributed by atoms with Gasteiger partial charge in [0.25, 0.3) is 5.91 Å². The highest BCUT2D eigenvalue weighted by molar-refractivity contribution is 6.04. The lowest BCUT2D eigenvalue weighted by Crippen LogP contribution is -2.42. The molecule has 1 N–H and O–H groups in total. The Labute approximate surface area is 106 Å². The third-order valence-corrected chi connectivity index (χ3v) is 3.23. The van der Waals surface area contributed by atoms with Gasteiger partial charge >= 0.3 is 12.2 Å². The molecule has 106 valence electrons. The molecule has 0 aliphatic carbocycles. The van der Waals surface area contributed by atoms with E-state index >= 15 is 0 Å². The highest BCUT2D eigenvalue weighted by atomic mass is 19.4. The molecule has 0 aromatic heterocycles. The number of carbonyl (C=O) groups is 3. The first kappa shape index (κ1) is 13.6. The Morgan fingerprint density at radius 1 is 1.37 bits per heavy atom. The van der Waals surface area contributed by atoms with E-state index in [1.165, 1.54) is 0 Å². The van der Waals surface area contributed by atoms with Gasteiger partial charge in [-0.2, -0.15) is 13.2 Å². The van der Waals surface area contributed by atoms with E-state index in [0.29, 0.717) is 4.90 Å². The van der Waals surface area contributed by atoms with E-state index in [1.807, 2.05) is 0 Å². The summed E-state index contributed by atoms with van der Waals surface area (Å²) in [7, 11) is 0. The zero-order valence-corrected chi connectivity index (χ0v) is 9.87. The molecule has 2 fully saturated rings. The minimum Gasteiger partial charge on any atom is -0.341 e. The average molecular weight is 279 g/mol. The molecule has 0 spiro atoms. The molecular weight excluding hydrogens is 267 g/mol. The number of halogens is 3. The van der Waals surface area contributed by atoms with Crippen LogP contribution in [0, 0.1) is 5.92 Å². The predicted molar refractivity (Wildman–Crippen MR) is 55.9 cm³/mol. The van der Waals surface area contributed by atoms with E-state index in [0.717, 1.165) is 4.90 Å². The number of alkyl halides is 3. The molecule has 2 saturated heterocycles. The number of likely N-dealkylation sites (tertiary alicyclic amines) is 1. The molecule has 2 aliphatic heterocycles. The van der Waals surface area contributed by atoms with Crippen LogP contribution in [0.4, 0.5) is 18.0 Å². The lowest BCUT2D eigenvalue weighted by atomic mass is 10.1. The second kappa shape index (κ2) is 4.71. The summed E-state index contributed by atoms with van der Waals surface area (Å²) in [5.41, 5.74) is 0. The number of urea groups is 1. The van der Waals surface area contributed by atoms with Gasteiger partial charge in [0.2, 0.25) is 5.91 Å². The molecule has 1 atom stereocenters. The molecule has 0 radical (unpaired) electrons. The summed E-state index contributed by atoms with van der Waals surface area (Å²) in [6.45, 7) is -1.11. The Morgan fingerprint density at radius 3 is 2.53 bits per heavy atom. The van der Waals surface area contributed by atoms with Crippen LogP contribution in [-0.4, -0.2) is 60.0 Å². The van der Waals surface area contributed by atoms with Crippen molar-refractivity contribution in [3.63, 3.8) is 0 Å². The third-order valence-electron chi connectivity index (χ3n) is 3.23. The van der Waals surface area contributed by atoms with Crippen molar-refractivity contribution < 1.29 is 27.6 Å². The van der Waals surface area contributed by atoms with Crippen molar-refractivity contribution in [3.8, 4) is 0 Å². The second-order valence-electron chi connectivity index (χ2n) is 4.51. The standard InChI is InChI=1S/C10H12F3N3O3/c11-10(12,13)6-1-2-15(4-6)8(18)5-16-7(17)3-14-9(16)19/h6H,1-5H2,(H,14,19). The molecule has 0 aromatic rings. The van der Waals surface area contributed by atoms with Crippen LogP contribution in [-0.2, 0) is 9.59 Å². The molecule has 0 saturated carbocycles. The van der Waals surface area contributed by atoms with Gasteiger partial charge in [0.15, 0.2) is 0 Å². The van der Waals surface area contributed by atoms with E-state index in [-0.39, 0.29) is 19.5 Å². The molecule has 0 bridgehead atoms. The van der Waals surface area contributed by atoms with Gasteiger partial charge in [-0.3, -0.25) is 14.5 Å². The Kier molecular flexibility index (Phi) is 3.38. The molecule has 2 rings (SSSR count). The van der Waals surface area contributed by atoms with Gasteiger partial charge in [-0.1, -0.05) is 0 Å². The molecular formula is C10H12F3N3O3. The number of rotatable bonds is 2. The van der Waals surface area contributed by atoms with Gasteiger partial charge in [0.1, 0.15) is 6.54 Å². The van der Waals surface area contributed by atoms with Gasteiger partial charge in [-0.05, 0) is 6.42 Å². The summed E-state index contributed by atoms with van der Waals surface area (Å²) in [4.78, 5) is 36.0. The molecule has 4 amide bonds. The van der Waals surface area contributed by atoms with Crippen LogP contribution in [0.1, 0.15) is 6.42 Å². The zero-order valence-electron chi connectivity index (χ0n) is 9.87. The van der Waals surface area contributed by atoms with Crippen molar-refractivity contribution in [1.29, 1.82) is 0 Å². The average Bonchev–Trinajstić information content (AvgIpc) is 2.90. The lowest BCUT2D eigenvalue weighted by Gasteiger charge is -2.20. The fourth-order valence-corrected chi connectivity index (χ4v) is 2.10. The molecule has 6 nitrogen and oxygen atoms in total. The van der Waals surface area contributed by atoms with E-state index in [4.69, 9.17) is 0 Å². The molecule has 1 unspecified atom stereocenters. The molecule has 19 heavy (non-hydrogen) atoms. The summed E-state index contributed by atoms with van der Waals surface area (Å²) < 4.78 is 37.4. The summed E-state index contributed by atoms with van der Waals surface area (Å²) in [6, 6.07) is -0.690. The van der Waals surface area contributed by atoms with Crippen LogP contribution in [0.2, 0.25) is 0 Å². The highest BCUT2D eigenvalue weighted by Gasteiger charge is 2.45. The minimum atomic E-state index is -4.32. The predicted octanol–water partition coefficient (Wildman–Crippen LogP) is -0.0510. The van der Waals surface area contributed by atoms with E-state index in [2.05, 4.69) is 5.32 Å². The Balaban J connectivity index is 1.92. The smallest absolute Gasteiger partial charge is 0.341 e. The zero-order chi connectivity index (χ0) is 14.2. The summed E-state index contributed by atoms with van der Waals surface area (Å²) in [6.07, 6.45) is -4.47. The Hall–Kier alpha value is -1.80. The topological polar surface area (TPSA) is 69.7 Å². The van der Waals surface area contributed by atoms with Crippen LogP contribution in [0.3, 0.4) is 0 Å². The van der Waals surface area contributed by atoms with Crippen LogP contribution >= 0.6 is 0 Å². The van der Waals surface area contributed by atoms with Crippen molar-refractivity contribution in [1.82, 2.24) is 15.1 Å². The molecule has 2 heterocycles. The molecule has 0 aromatic carbocycles. The number of nitrogens with zero attached hydrogens (tertiary/aromatic N) is 2. The first-order chi connectivity index (χ1) is 8.79. The number of carbonyl (C=O) groups excluding carboxylic acids is 3. The highest BCUT2D eigenvalue weighted by Crippen LogP contribution is 2.33. The quantitative estimate of drug-likeness (QED) is 0.720. The van der Waals surface area contributed by atoms with Gasteiger partial charge in [-0.15, -0.1) is 0 Å². The normalized spacial score (nSPS) is 24.1. The first-order valence-electron chi connectivity index (χ1n) is 5.71. The van der Waals surface area contributed by atoms with Crippen LogP contribution in [0.5, 0.6) is 0 Å². The van der Waals surface area contributed by atoms with Gasteiger partial charge in [-0.25, -0.2) is 4.79 Å². The van der Waals surface area contributed by atoms with Gasteiger partial charge in [0, 0.05) is 13.1 Å². The van der Waals surface area contributed by atoms with Crippen LogP contribution < -0.4 is 5.32 Å². The Bertz CT molecular complexity index is 408. The largest absolute Gasteiger partial charge is 0.393 e. The number of hydrogen-bond acceptors (Lipinski definition) is 3. The van der Waals surface area contributed by atoms with Crippen LogP contribution in [0.15, 0.2) is 0 Å². The summed E-state index contributed by atoms with van der Waals surface area (Å²) >= 11 is 0. The fourth-order valence-electron chi connectivity index (χ4n) is 2.10. The van der Waals surface area contributed by atoms with Crippen molar-refractivity contribution in [2.75, 3.05) is 26.2 Å². The first-order valence-corrected chi connectivity index (χ1v) is 5.71. The molecule has 9 heteroatoms. The molecule has 2 aliphatic rings. The fraction of sp³-hybridized carbons (Fsp3) is 0.700. The number of nitrogens with one attached hydrogen (secondary N) is 1. The van der Waals surface area contributed by atoms with Crippen LogP contribution in [0.25, 0.3) is 0 Å². The van der Waals surface area contributed by atoms with Gasteiger partial charge < -0.3 is 10.2 Å². The maximum atomic E-state index is 12.5. The Morgan fingerprint density at radius 2 is 2.05 bits per heavy atom. The number of amides is 4.